The first-order chi connectivity index (χ1) is 8.60. The van der Waals surface area contributed by atoms with E-state index in [9.17, 15) is 13.6 Å². The molecule has 1 amide bonds. The zero-order chi connectivity index (χ0) is 13.1. The van der Waals surface area contributed by atoms with E-state index in [0.717, 1.165) is 6.07 Å². The molecule has 1 fully saturated rings. The van der Waals surface area contributed by atoms with Crippen LogP contribution in [0.5, 0.6) is 0 Å². The van der Waals surface area contributed by atoms with Gasteiger partial charge in [-0.25, -0.2) is 8.78 Å². The van der Waals surface area contributed by atoms with Crippen LogP contribution in [0.3, 0.4) is 0 Å². The summed E-state index contributed by atoms with van der Waals surface area (Å²) in [5.41, 5.74) is 0.436. The maximum atomic E-state index is 13.4. The number of carbonyl (C=O) groups excluding carboxylic acids is 1. The molecule has 1 aliphatic heterocycles. The number of carbonyl (C=O) groups is 1. The van der Waals surface area contributed by atoms with Crippen molar-refractivity contribution in [1.82, 2.24) is 4.90 Å². The number of nitrogens with zero attached hydrogens (tertiary/aromatic N) is 1. The van der Waals surface area contributed by atoms with Gasteiger partial charge in [0, 0.05) is 31.5 Å². The van der Waals surface area contributed by atoms with Gasteiger partial charge in [-0.15, -0.1) is 6.58 Å². The third-order valence-electron chi connectivity index (χ3n) is 3.24. The fourth-order valence-electron chi connectivity index (χ4n) is 2.16. The van der Waals surface area contributed by atoms with Crippen LogP contribution in [0.1, 0.15) is 12.0 Å². The molecule has 1 heterocycles. The number of halogens is 2. The van der Waals surface area contributed by atoms with Crippen molar-refractivity contribution in [2.45, 2.75) is 12.8 Å². The molecule has 4 heteroatoms. The molecular weight excluding hydrogens is 236 g/mol. The topological polar surface area (TPSA) is 20.3 Å². The summed E-state index contributed by atoms with van der Waals surface area (Å²) in [6, 6.07) is 3.53. The minimum atomic E-state index is -0.583. The molecule has 0 radical (unpaired) electrons. The summed E-state index contributed by atoms with van der Waals surface area (Å²) in [5, 5.41) is 0. The SMILES string of the molecule is C=CC1CC(=O)N(CCc2ccc(F)cc2F)C1. The Balaban J connectivity index is 1.95. The molecule has 18 heavy (non-hydrogen) atoms. The summed E-state index contributed by atoms with van der Waals surface area (Å²) in [6.45, 7) is 4.78. The fraction of sp³-hybridized carbons (Fsp3) is 0.357. The summed E-state index contributed by atoms with van der Waals surface area (Å²) in [5.74, 6) is -0.875. The van der Waals surface area contributed by atoms with Crippen molar-refractivity contribution in [2.24, 2.45) is 5.92 Å². The van der Waals surface area contributed by atoms with E-state index >= 15 is 0 Å². The highest BCUT2D eigenvalue weighted by molar-refractivity contribution is 5.79. The number of benzene rings is 1. The summed E-state index contributed by atoms with van der Waals surface area (Å²) in [6.07, 6.45) is 2.66. The van der Waals surface area contributed by atoms with Crippen LogP contribution in [0.4, 0.5) is 8.78 Å². The Morgan fingerprint density at radius 2 is 2.22 bits per heavy atom. The third-order valence-corrected chi connectivity index (χ3v) is 3.24. The molecule has 2 nitrogen and oxygen atoms in total. The normalized spacial score (nSPS) is 19.3. The molecule has 1 saturated heterocycles. The van der Waals surface area contributed by atoms with Crippen molar-refractivity contribution in [3.8, 4) is 0 Å². The number of likely N-dealkylation sites (tertiary alicyclic amines) is 1. The zero-order valence-electron chi connectivity index (χ0n) is 10.0. The van der Waals surface area contributed by atoms with Crippen LogP contribution in [0.25, 0.3) is 0 Å². The summed E-state index contributed by atoms with van der Waals surface area (Å²) >= 11 is 0. The standard InChI is InChI=1S/C14H15F2NO/c1-2-10-7-14(18)17(9-10)6-5-11-3-4-12(15)8-13(11)16/h2-4,8,10H,1,5-7,9H2. The van der Waals surface area contributed by atoms with Crippen LogP contribution in [0.15, 0.2) is 30.9 Å². The molecule has 0 spiro atoms. The van der Waals surface area contributed by atoms with Gasteiger partial charge in [0.25, 0.3) is 0 Å². The maximum Gasteiger partial charge on any atom is 0.223 e. The van der Waals surface area contributed by atoms with Gasteiger partial charge in [0.05, 0.1) is 0 Å². The van der Waals surface area contributed by atoms with Crippen molar-refractivity contribution in [3.05, 3.63) is 48.1 Å². The zero-order valence-corrected chi connectivity index (χ0v) is 10.0. The van der Waals surface area contributed by atoms with Crippen LogP contribution in [0.2, 0.25) is 0 Å². The largest absolute Gasteiger partial charge is 0.342 e. The molecule has 1 unspecified atom stereocenters. The smallest absolute Gasteiger partial charge is 0.223 e. The van der Waals surface area contributed by atoms with Crippen LogP contribution in [0, 0.1) is 17.6 Å². The van der Waals surface area contributed by atoms with Gasteiger partial charge in [0.2, 0.25) is 5.91 Å². The molecule has 96 valence electrons. The Kier molecular flexibility index (Phi) is 3.75. The summed E-state index contributed by atoms with van der Waals surface area (Å²) < 4.78 is 26.1. The molecular formula is C14H15F2NO. The van der Waals surface area contributed by atoms with E-state index in [1.54, 1.807) is 11.0 Å². The monoisotopic (exact) mass is 251 g/mol. The van der Waals surface area contributed by atoms with E-state index in [-0.39, 0.29) is 11.8 Å². The van der Waals surface area contributed by atoms with Crippen LogP contribution in [-0.4, -0.2) is 23.9 Å². The first-order valence-corrected chi connectivity index (χ1v) is 5.94. The van der Waals surface area contributed by atoms with Crippen molar-refractivity contribution >= 4 is 5.91 Å². The van der Waals surface area contributed by atoms with E-state index in [2.05, 4.69) is 6.58 Å². The first kappa shape index (κ1) is 12.7. The van der Waals surface area contributed by atoms with E-state index in [1.165, 1.54) is 12.1 Å². The maximum absolute atomic E-state index is 13.4. The van der Waals surface area contributed by atoms with Gasteiger partial charge in [-0.1, -0.05) is 12.1 Å². The van der Waals surface area contributed by atoms with Gasteiger partial charge < -0.3 is 4.90 Å². The Labute approximate surface area is 105 Å². The highest BCUT2D eigenvalue weighted by Crippen LogP contribution is 2.19. The fourth-order valence-corrected chi connectivity index (χ4v) is 2.16. The van der Waals surface area contributed by atoms with Crippen molar-refractivity contribution in [3.63, 3.8) is 0 Å². The molecule has 2 rings (SSSR count). The van der Waals surface area contributed by atoms with E-state index < -0.39 is 11.6 Å². The van der Waals surface area contributed by atoms with Gasteiger partial charge in [-0.2, -0.15) is 0 Å². The van der Waals surface area contributed by atoms with Crippen molar-refractivity contribution in [1.29, 1.82) is 0 Å². The number of hydrogen-bond donors (Lipinski definition) is 0. The second kappa shape index (κ2) is 5.29. The van der Waals surface area contributed by atoms with Gasteiger partial charge in [-0.05, 0) is 18.1 Å². The predicted molar refractivity (Wildman–Crippen MR) is 64.9 cm³/mol. The molecule has 0 aliphatic carbocycles. The quantitative estimate of drug-likeness (QED) is 0.753. The molecule has 1 aromatic rings. The predicted octanol–water partition coefficient (Wildman–Crippen LogP) is 2.54. The van der Waals surface area contributed by atoms with E-state index in [0.29, 0.717) is 31.5 Å². The van der Waals surface area contributed by atoms with Gasteiger partial charge in [0.1, 0.15) is 11.6 Å². The lowest BCUT2D eigenvalue weighted by Gasteiger charge is -2.16. The van der Waals surface area contributed by atoms with Gasteiger partial charge in [0.15, 0.2) is 0 Å². The second-order valence-corrected chi connectivity index (χ2v) is 4.53. The first-order valence-electron chi connectivity index (χ1n) is 5.94. The van der Waals surface area contributed by atoms with Gasteiger partial charge >= 0.3 is 0 Å². The number of hydrogen-bond acceptors (Lipinski definition) is 1. The molecule has 0 bridgehead atoms. The molecule has 0 saturated carbocycles. The van der Waals surface area contributed by atoms with Gasteiger partial charge in [-0.3, -0.25) is 4.79 Å². The Morgan fingerprint density at radius 3 is 2.83 bits per heavy atom. The molecule has 1 aliphatic rings. The Morgan fingerprint density at radius 1 is 1.44 bits per heavy atom. The minimum Gasteiger partial charge on any atom is -0.342 e. The highest BCUT2D eigenvalue weighted by Gasteiger charge is 2.27. The molecule has 1 atom stereocenters. The molecule has 1 aromatic carbocycles. The number of rotatable bonds is 4. The summed E-state index contributed by atoms with van der Waals surface area (Å²) in [4.78, 5) is 13.3. The van der Waals surface area contributed by atoms with Crippen molar-refractivity contribution < 1.29 is 13.6 Å². The average Bonchev–Trinajstić information content (AvgIpc) is 2.69. The van der Waals surface area contributed by atoms with E-state index in [4.69, 9.17) is 0 Å². The average molecular weight is 251 g/mol. The lowest BCUT2D eigenvalue weighted by Crippen LogP contribution is -2.27. The molecule has 0 aromatic heterocycles. The highest BCUT2D eigenvalue weighted by atomic mass is 19.1. The Bertz CT molecular complexity index is 473. The lowest BCUT2D eigenvalue weighted by atomic mass is 10.1. The van der Waals surface area contributed by atoms with Crippen LogP contribution >= 0.6 is 0 Å². The lowest BCUT2D eigenvalue weighted by molar-refractivity contribution is -0.127. The molecule has 0 N–H and O–H groups in total. The van der Waals surface area contributed by atoms with Crippen molar-refractivity contribution in [2.75, 3.05) is 13.1 Å². The van der Waals surface area contributed by atoms with E-state index in [1.807, 2.05) is 0 Å². The minimum absolute atomic E-state index is 0.0717. The van der Waals surface area contributed by atoms with Crippen LogP contribution in [-0.2, 0) is 11.2 Å². The van der Waals surface area contributed by atoms with Crippen LogP contribution < -0.4 is 0 Å². The summed E-state index contributed by atoms with van der Waals surface area (Å²) in [7, 11) is 0. The third kappa shape index (κ3) is 2.75. The second-order valence-electron chi connectivity index (χ2n) is 4.53. The number of amides is 1. The Hall–Kier alpha value is -1.71.